The molecular weight excluding hydrogens is 250 g/mol. The standard InChI is InChI=1S/C16H21N3O/c1-12(20)18-11-13-2-3-14-6-9-19(16(14)10-13)15-4-7-17-8-5-15/h2-3,6,9-10,15,17H,4-5,7-8,11H2,1H3,(H,18,20). The smallest absolute Gasteiger partial charge is 0.217 e. The van der Waals surface area contributed by atoms with Gasteiger partial charge in [0.2, 0.25) is 5.91 Å². The van der Waals surface area contributed by atoms with Crippen molar-refractivity contribution in [3.63, 3.8) is 0 Å². The molecule has 0 atom stereocenters. The van der Waals surface area contributed by atoms with Crippen molar-refractivity contribution in [1.82, 2.24) is 15.2 Å². The van der Waals surface area contributed by atoms with E-state index in [1.165, 1.54) is 23.7 Å². The van der Waals surface area contributed by atoms with E-state index in [9.17, 15) is 4.79 Å². The summed E-state index contributed by atoms with van der Waals surface area (Å²) >= 11 is 0. The summed E-state index contributed by atoms with van der Waals surface area (Å²) in [6.07, 6.45) is 4.56. The lowest BCUT2D eigenvalue weighted by Gasteiger charge is -2.25. The average Bonchev–Trinajstić information content (AvgIpc) is 2.89. The van der Waals surface area contributed by atoms with E-state index in [1.807, 2.05) is 0 Å². The van der Waals surface area contributed by atoms with Crippen LogP contribution < -0.4 is 10.6 Å². The number of fused-ring (bicyclic) bond motifs is 1. The van der Waals surface area contributed by atoms with Crippen LogP contribution in [0.15, 0.2) is 30.5 Å². The van der Waals surface area contributed by atoms with Crippen molar-refractivity contribution >= 4 is 16.8 Å². The highest BCUT2D eigenvalue weighted by Gasteiger charge is 2.16. The predicted molar refractivity (Wildman–Crippen MR) is 80.6 cm³/mol. The zero-order chi connectivity index (χ0) is 13.9. The van der Waals surface area contributed by atoms with Crippen LogP contribution in [0.5, 0.6) is 0 Å². The van der Waals surface area contributed by atoms with Gasteiger partial charge in [0.15, 0.2) is 0 Å². The fourth-order valence-electron chi connectivity index (χ4n) is 2.93. The molecule has 1 aliphatic heterocycles. The number of hydrogen-bond donors (Lipinski definition) is 2. The molecule has 2 heterocycles. The van der Waals surface area contributed by atoms with Crippen LogP contribution in [-0.2, 0) is 11.3 Å². The second-order valence-electron chi connectivity index (χ2n) is 5.51. The minimum Gasteiger partial charge on any atom is -0.352 e. The van der Waals surface area contributed by atoms with Crippen LogP contribution in [0.4, 0.5) is 0 Å². The van der Waals surface area contributed by atoms with Crippen LogP contribution in [0.2, 0.25) is 0 Å². The number of nitrogens with one attached hydrogen (secondary N) is 2. The van der Waals surface area contributed by atoms with Gasteiger partial charge < -0.3 is 15.2 Å². The van der Waals surface area contributed by atoms with Crippen LogP contribution in [-0.4, -0.2) is 23.6 Å². The molecule has 1 aliphatic rings. The first kappa shape index (κ1) is 13.2. The van der Waals surface area contributed by atoms with Gasteiger partial charge in [-0.1, -0.05) is 12.1 Å². The van der Waals surface area contributed by atoms with Crippen LogP contribution in [0.3, 0.4) is 0 Å². The van der Waals surface area contributed by atoms with E-state index in [4.69, 9.17) is 0 Å². The molecule has 1 aromatic heterocycles. The lowest BCUT2D eigenvalue weighted by Crippen LogP contribution is -2.29. The van der Waals surface area contributed by atoms with Crippen molar-refractivity contribution in [2.24, 2.45) is 0 Å². The maximum absolute atomic E-state index is 11.0. The molecule has 0 unspecified atom stereocenters. The number of nitrogens with zero attached hydrogens (tertiary/aromatic N) is 1. The summed E-state index contributed by atoms with van der Waals surface area (Å²) < 4.78 is 2.40. The summed E-state index contributed by atoms with van der Waals surface area (Å²) in [7, 11) is 0. The maximum Gasteiger partial charge on any atom is 0.217 e. The van der Waals surface area contributed by atoms with Gasteiger partial charge in [-0.3, -0.25) is 4.79 Å². The molecule has 2 aromatic rings. The van der Waals surface area contributed by atoms with Crippen LogP contribution in [0.1, 0.15) is 31.4 Å². The molecule has 4 heteroatoms. The van der Waals surface area contributed by atoms with Crippen LogP contribution >= 0.6 is 0 Å². The van der Waals surface area contributed by atoms with Crippen molar-refractivity contribution in [3.8, 4) is 0 Å². The number of carbonyl (C=O) groups excluding carboxylic acids is 1. The van der Waals surface area contributed by atoms with Gasteiger partial charge in [-0.25, -0.2) is 0 Å². The summed E-state index contributed by atoms with van der Waals surface area (Å²) in [5.41, 5.74) is 2.43. The highest BCUT2D eigenvalue weighted by molar-refractivity contribution is 5.81. The highest BCUT2D eigenvalue weighted by atomic mass is 16.1. The van der Waals surface area contributed by atoms with Gasteiger partial charge in [-0.2, -0.15) is 0 Å². The molecule has 0 bridgehead atoms. The molecule has 0 saturated carbocycles. The Morgan fingerprint density at radius 3 is 2.90 bits per heavy atom. The number of carbonyl (C=O) groups is 1. The highest BCUT2D eigenvalue weighted by Crippen LogP contribution is 2.26. The van der Waals surface area contributed by atoms with E-state index in [2.05, 4.69) is 45.7 Å². The van der Waals surface area contributed by atoms with Gasteiger partial charge in [0, 0.05) is 31.2 Å². The Hall–Kier alpha value is -1.81. The monoisotopic (exact) mass is 271 g/mol. The third kappa shape index (κ3) is 2.70. The maximum atomic E-state index is 11.0. The predicted octanol–water partition coefficient (Wildman–Crippen LogP) is 2.20. The zero-order valence-electron chi connectivity index (χ0n) is 11.9. The van der Waals surface area contributed by atoms with E-state index in [0.29, 0.717) is 12.6 Å². The second-order valence-corrected chi connectivity index (χ2v) is 5.51. The lowest BCUT2D eigenvalue weighted by molar-refractivity contribution is -0.119. The normalized spacial score (nSPS) is 16.4. The van der Waals surface area contributed by atoms with Gasteiger partial charge >= 0.3 is 0 Å². The minimum absolute atomic E-state index is 0.0128. The Morgan fingerprint density at radius 1 is 1.35 bits per heavy atom. The van der Waals surface area contributed by atoms with Gasteiger partial charge in [-0.15, -0.1) is 0 Å². The molecule has 2 N–H and O–H groups in total. The first-order valence-electron chi connectivity index (χ1n) is 7.28. The first-order chi connectivity index (χ1) is 9.74. The molecule has 3 rings (SSSR count). The molecule has 0 spiro atoms. The van der Waals surface area contributed by atoms with Gasteiger partial charge in [0.25, 0.3) is 0 Å². The summed E-state index contributed by atoms with van der Waals surface area (Å²) in [6, 6.07) is 9.20. The lowest BCUT2D eigenvalue weighted by atomic mass is 10.1. The fourth-order valence-corrected chi connectivity index (χ4v) is 2.93. The molecule has 0 radical (unpaired) electrons. The van der Waals surface area contributed by atoms with Crippen molar-refractivity contribution in [3.05, 3.63) is 36.0 Å². The van der Waals surface area contributed by atoms with E-state index >= 15 is 0 Å². The molecule has 20 heavy (non-hydrogen) atoms. The van der Waals surface area contributed by atoms with E-state index in [1.54, 1.807) is 6.92 Å². The zero-order valence-corrected chi connectivity index (χ0v) is 11.9. The Labute approximate surface area is 119 Å². The number of aromatic nitrogens is 1. The van der Waals surface area contributed by atoms with Crippen molar-refractivity contribution < 1.29 is 4.79 Å². The second kappa shape index (κ2) is 5.67. The Bertz CT molecular complexity index is 611. The Morgan fingerprint density at radius 2 is 2.15 bits per heavy atom. The molecule has 1 amide bonds. The number of piperidine rings is 1. The quantitative estimate of drug-likeness (QED) is 0.899. The van der Waals surface area contributed by atoms with Crippen LogP contribution in [0.25, 0.3) is 10.9 Å². The Balaban J connectivity index is 1.88. The summed E-state index contributed by atoms with van der Waals surface area (Å²) in [4.78, 5) is 11.0. The molecule has 1 fully saturated rings. The molecular formula is C16H21N3O. The third-order valence-corrected chi connectivity index (χ3v) is 4.03. The fraction of sp³-hybridized carbons (Fsp3) is 0.438. The third-order valence-electron chi connectivity index (χ3n) is 4.03. The van der Waals surface area contributed by atoms with Crippen molar-refractivity contribution in [1.29, 1.82) is 0 Å². The van der Waals surface area contributed by atoms with Crippen molar-refractivity contribution in [2.45, 2.75) is 32.4 Å². The Kier molecular flexibility index (Phi) is 3.74. The van der Waals surface area contributed by atoms with E-state index in [-0.39, 0.29) is 5.91 Å². The molecule has 1 saturated heterocycles. The SMILES string of the molecule is CC(=O)NCc1ccc2ccn(C3CCNCC3)c2c1. The molecule has 0 aliphatic carbocycles. The van der Waals surface area contributed by atoms with E-state index < -0.39 is 0 Å². The van der Waals surface area contributed by atoms with Gasteiger partial charge in [-0.05, 0) is 49.0 Å². The first-order valence-corrected chi connectivity index (χ1v) is 7.28. The topological polar surface area (TPSA) is 46.1 Å². The summed E-state index contributed by atoms with van der Waals surface area (Å²) in [6.45, 7) is 4.34. The average molecular weight is 271 g/mol. The molecule has 4 nitrogen and oxygen atoms in total. The van der Waals surface area contributed by atoms with Crippen LogP contribution in [0, 0.1) is 0 Å². The molecule has 106 valence electrons. The molecule has 1 aromatic carbocycles. The minimum atomic E-state index is 0.0128. The van der Waals surface area contributed by atoms with Crippen molar-refractivity contribution in [2.75, 3.05) is 13.1 Å². The summed E-state index contributed by atoms with van der Waals surface area (Å²) in [5.74, 6) is 0.0128. The van der Waals surface area contributed by atoms with E-state index in [0.717, 1.165) is 18.7 Å². The summed E-state index contributed by atoms with van der Waals surface area (Å²) in [5, 5.41) is 7.54. The number of benzene rings is 1. The largest absolute Gasteiger partial charge is 0.352 e. The van der Waals surface area contributed by atoms with Gasteiger partial charge in [0.05, 0.1) is 0 Å². The number of rotatable bonds is 3. The number of amides is 1. The number of hydrogen-bond acceptors (Lipinski definition) is 2. The van der Waals surface area contributed by atoms with Gasteiger partial charge in [0.1, 0.15) is 0 Å².